The van der Waals surface area contributed by atoms with Crippen LogP contribution in [0.25, 0.3) is 0 Å². The molecule has 0 aliphatic carbocycles. The number of amides is 2. The molecule has 1 aliphatic heterocycles. The number of aryl methyl sites for hydroxylation is 1. The van der Waals surface area contributed by atoms with Crippen molar-refractivity contribution >= 4 is 21.7 Å². The molecule has 1 fully saturated rings. The fourth-order valence-electron chi connectivity index (χ4n) is 2.45. The Morgan fingerprint density at radius 2 is 2.09 bits per heavy atom. The standard InChI is InChI=1S/C15H20N2O4S/c1-11-4-3-5-12(8-11)15(19)16-9-14(18)17(2)13-6-7-22(20,21)10-13/h3-5,8,13H,6-7,9-10H2,1-2H3,(H,16,19). The molecular weight excluding hydrogens is 304 g/mol. The van der Waals surface area contributed by atoms with Crippen molar-refractivity contribution in [1.82, 2.24) is 10.2 Å². The minimum atomic E-state index is -3.03. The van der Waals surface area contributed by atoms with E-state index in [-0.39, 0.29) is 35.9 Å². The third kappa shape index (κ3) is 4.07. The first kappa shape index (κ1) is 16.5. The van der Waals surface area contributed by atoms with E-state index in [0.717, 1.165) is 5.56 Å². The molecular formula is C15H20N2O4S. The molecule has 22 heavy (non-hydrogen) atoms. The lowest BCUT2D eigenvalue weighted by Crippen LogP contribution is -2.43. The molecule has 7 heteroatoms. The molecule has 1 saturated heterocycles. The molecule has 1 aliphatic rings. The summed E-state index contributed by atoms with van der Waals surface area (Å²) in [5.74, 6) is -0.487. The Morgan fingerprint density at radius 1 is 1.36 bits per heavy atom. The number of hydrogen-bond donors (Lipinski definition) is 1. The maximum absolute atomic E-state index is 12.1. The number of benzene rings is 1. The van der Waals surface area contributed by atoms with Crippen LogP contribution in [-0.4, -0.2) is 56.3 Å². The van der Waals surface area contributed by atoms with Crippen LogP contribution in [0.4, 0.5) is 0 Å². The Bertz CT molecular complexity index is 685. The van der Waals surface area contributed by atoms with Crippen LogP contribution in [0.2, 0.25) is 0 Å². The number of nitrogens with one attached hydrogen (secondary N) is 1. The van der Waals surface area contributed by atoms with Crippen LogP contribution in [0.1, 0.15) is 22.3 Å². The van der Waals surface area contributed by atoms with Crippen LogP contribution < -0.4 is 5.32 Å². The number of rotatable bonds is 4. The molecule has 1 atom stereocenters. The minimum Gasteiger partial charge on any atom is -0.343 e. The zero-order valence-electron chi connectivity index (χ0n) is 12.7. The summed E-state index contributed by atoms with van der Waals surface area (Å²) >= 11 is 0. The second-order valence-electron chi connectivity index (χ2n) is 5.61. The number of sulfone groups is 1. The Kier molecular flexibility index (Phi) is 4.85. The van der Waals surface area contributed by atoms with Crippen LogP contribution in [0.15, 0.2) is 24.3 Å². The summed E-state index contributed by atoms with van der Waals surface area (Å²) in [6.45, 7) is 1.75. The average Bonchev–Trinajstić information content (AvgIpc) is 2.83. The highest BCUT2D eigenvalue weighted by molar-refractivity contribution is 7.91. The average molecular weight is 324 g/mol. The van der Waals surface area contributed by atoms with E-state index in [2.05, 4.69) is 5.32 Å². The molecule has 0 bridgehead atoms. The number of hydrogen-bond acceptors (Lipinski definition) is 4. The molecule has 0 aromatic heterocycles. The third-order valence-corrected chi connectivity index (χ3v) is 5.58. The van der Waals surface area contributed by atoms with Crippen LogP contribution in [0, 0.1) is 6.92 Å². The van der Waals surface area contributed by atoms with Crippen LogP contribution in [0.5, 0.6) is 0 Å². The van der Waals surface area contributed by atoms with E-state index in [4.69, 9.17) is 0 Å². The zero-order chi connectivity index (χ0) is 16.3. The van der Waals surface area contributed by atoms with E-state index in [1.54, 1.807) is 25.2 Å². The number of carbonyl (C=O) groups is 2. The van der Waals surface area contributed by atoms with Gasteiger partial charge >= 0.3 is 0 Å². The van der Waals surface area contributed by atoms with Gasteiger partial charge < -0.3 is 10.2 Å². The molecule has 2 amide bonds. The van der Waals surface area contributed by atoms with E-state index in [1.807, 2.05) is 13.0 Å². The highest BCUT2D eigenvalue weighted by Crippen LogP contribution is 2.16. The quantitative estimate of drug-likeness (QED) is 0.867. The molecule has 1 heterocycles. The van der Waals surface area contributed by atoms with Crippen molar-refractivity contribution in [2.75, 3.05) is 25.1 Å². The van der Waals surface area contributed by atoms with Crippen molar-refractivity contribution in [2.45, 2.75) is 19.4 Å². The monoisotopic (exact) mass is 324 g/mol. The predicted octanol–water partition coefficient (Wildman–Crippen LogP) is 0.370. The Hall–Kier alpha value is -1.89. The van der Waals surface area contributed by atoms with Gasteiger partial charge in [-0.1, -0.05) is 17.7 Å². The first-order valence-electron chi connectivity index (χ1n) is 7.09. The summed E-state index contributed by atoms with van der Waals surface area (Å²) in [6.07, 6.45) is 0.455. The highest BCUT2D eigenvalue weighted by atomic mass is 32.2. The SMILES string of the molecule is Cc1cccc(C(=O)NCC(=O)N(C)C2CCS(=O)(=O)C2)c1. The lowest BCUT2D eigenvalue weighted by Gasteiger charge is -2.23. The van der Waals surface area contributed by atoms with E-state index in [9.17, 15) is 18.0 Å². The molecule has 1 aromatic rings. The van der Waals surface area contributed by atoms with Crippen LogP contribution in [0.3, 0.4) is 0 Å². The third-order valence-electron chi connectivity index (χ3n) is 3.83. The molecule has 0 saturated carbocycles. The van der Waals surface area contributed by atoms with Crippen molar-refractivity contribution < 1.29 is 18.0 Å². The van der Waals surface area contributed by atoms with E-state index in [0.29, 0.717) is 12.0 Å². The molecule has 0 radical (unpaired) electrons. The summed E-state index contributed by atoms with van der Waals surface area (Å²) in [4.78, 5) is 25.4. The summed E-state index contributed by atoms with van der Waals surface area (Å²) < 4.78 is 22.9. The summed E-state index contributed by atoms with van der Waals surface area (Å²) in [5, 5.41) is 2.57. The van der Waals surface area contributed by atoms with Crippen molar-refractivity contribution in [1.29, 1.82) is 0 Å². The van der Waals surface area contributed by atoms with Crippen molar-refractivity contribution in [3.63, 3.8) is 0 Å². The Morgan fingerprint density at radius 3 is 2.68 bits per heavy atom. The summed E-state index contributed by atoms with van der Waals surface area (Å²) in [6, 6.07) is 6.79. The topological polar surface area (TPSA) is 83.6 Å². The predicted molar refractivity (Wildman–Crippen MR) is 83.3 cm³/mol. The zero-order valence-corrected chi connectivity index (χ0v) is 13.5. The van der Waals surface area contributed by atoms with Gasteiger partial charge in [0.2, 0.25) is 5.91 Å². The first-order valence-corrected chi connectivity index (χ1v) is 8.91. The van der Waals surface area contributed by atoms with Crippen molar-refractivity contribution in [3.05, 3.63) is 35.4 Å². The molecule has 120 valence electrons. The fourth-order valence-corrected chi connectivity index (χ4v) is 4.23. The van der Waals surface area contributed by atoms with E-state index < -0.39 is 9.84 Å². The van der Waals surface area contributed by atoms with Gasteiger partial charge in [-0.15, -0.1) is 0 Å². The summed E-state index contributed by atoms with van der Waals surface area (Å²) in [5.41, 5.74) is 1.46. The van der Waals surface area contributed by atoms with Gasteiger partial charge in [0.1, 0.15) is 0 Å². The number of nitrogens with zero attached hydrogens (tertiary/aromatic N) is 1. The minimum absolute atomic E-state index is 0.00106. The second kappa shape index (κ2) is 6.48. The lowest BCUT2D eigenvalue weighted by molar-refractivity contribution is -0.130. The molecule has 2 rings (SSSR count). The molecule has 1 unspecified atom stereocenters. The molecule has 6 nitrogen and oxygen atoms in total. The maximum atomic E-state index is 12.1. The Labute approximate surface area is 130 Å². The summed E-state index contributed by atoms with van der Waals surface area (Å²) in [7, 11) is -1.46. The molecule has 1 N–H and O–H groups in total. The Balaban J connectivity index is 1.88. The first-order chi connectivity index (χ1) is 10.3. The van der Waals surface area contributed by atoms with Crippen molar-refractivity contribution in [3.8, 4) is 0 Å². The number of carbonyl (C=O) groups excluding carboxylic acids is 2. The van der Waals surface area contributed by atoms with Gasteiger partial charge in [0.25, 0.3) is 5.91 Å². The van der Waals surface area contributed by atoms with Crippen LogP contribution >= 0.6 is 0 Å². The van der Waals surface area contributed by atoms with Gasteiger partial charge in [-0.3, -0.25) is 9.59 Å². The number of likely N-dealkylation sites (N-methyl/N-ethyl adjacent to an activating group) is 1. The van der Waals surface area contributed by atoms with Gasteiger partial charge in [-0.2, -0.15) is 0 Å². The fraction of sp³-hybridized carbons (Fsp3) is 0.467. The van der Waals surface area contributed by atoms with Gasteiger partial charge in [0.15, 0.2) is 9.84 Å². The molecule has 0 spiro atoms. The smallest absolute Gasteiger partial charge is 0.251 e. The second-order valence-corrected chi connectivity index (χ2v) is 7.84. The lowest BCUT2D eigenvalue weighted by atomic mass is 10.1. The van der Waals surface area contributed by atoms with E-state index >= 15 is 0 Å². The van der Waals surface area contributed by atoms with E-state index in [1.165, 1.54) is 4.90 Å². The van der Waals surface area contributed by atoms with Gasteiger partial charge in [-0.05, 0) is 25.5 Å². The highest BCUT2D eigenvalue weighted by Gasteiger charge is 2.32. The van der Waals surface area contributed by atoms with Crippen LogP contribution in [-0.2, 0) is 14.6 Å². The normalized spacial score (nSPS) is 19.6. The van der Waals surface area contributed by atoms with Gasteiger partial charge in [-0.25, -0.2) is 8.42 Å². The van der Waals surface area contributed by atoms with Gasteiger partial charge in [0, 0.05) is 18.7 Å². The van der Waals surface area contributed by atoms with Crippen molar-refractivity contribution in [2.24, 2.45) is 0 Å². The van der Waals surface area contributed by atoms with Gasteiger partial charge in [0.05, 0.1) is 18.1 Å². The molecule has 1 aromatic carbocycles. The maximum Gasteiger partial charge on any atom is 0.251 e. The largest absolute Gasteiger partial charge is 0.343 e.